The molecule has 0 aliphatic rings. The highest BCUT2D eigenvalue weighted by Crippen LogP contribution is 2.28. The molecule has 0 radical (unpaired) electrons. The van der Waals surface area contributed by atoms with Crippen molar-refractivity contribution in [3.05, 3.63) is 83.4 Å². The van der Waals surface area contributed by atoms with E-state index in [1.165, 1.54) is 18.5 Å². The van der Waals surface area contributed by atoms with E-state index in [-0.39, 0.29) is 12.4 Å². The van der Waals surface area contributed by atoms with E-state index in [1.807, 2.05) is 24.3 Å². The van der Waals surface area contributed by atoms with Gasteiger partial charge in [0.05, 0.1) is 5.52 Å². The van der Waals surface area contributed by atoms with Gasteiger partial charge in [0.2, 0.25) is 0 Å². The Bertz CT molecular complexity index is 1150. The van der Waals surface area contributed by atoms with Crippen LogP contribution in [0.15, 0.2) is 67.0 Å². The van der Waals surface area contributed by atoms with Crippen LogP contribution in [0, 0.1) is 5.82 Å². The number of halogens is 2. The molecule has 4 rings (SSSR count). The van der Waals surface area contributed by atoms with E-state index in [9.17, 15) is 4.39 Å². The van der Waals surface area contributed by atoms with Gasteiger partial charge in [-0.3, -0.25) is 0 Å². The molecule has 0 saturated heterocycles. The van der Waals surface area contributed by atoms with Gasteiger partial charge in [0.25, 0.3) is 0 Å². The van der Waals surface area contributed by atoms with Crippen molar-refractivity contribution in [2.24, 2.45) is 0 Å². The van der Waals surface area contributed by atoms with Crippen molar-refractivity contribution in [3.63, 3.8) is 0 Å². The molecule has 0 saturated carbocycles. The van der Waals surface area contributed by atoms with Gasteiger partial charge in [-0.25, -0.2) is 14.4 Å². The van der Waals surface area contributed by atoms with E-state index >= 15 is 0 Å². The molecular weight excluding hydrogens is 379 g/mol. The molecule has 0 atom stereocenters. The van der Waals surface area contributed by atoms with Gasteiger partial charge in [0, 0.05) is 33.4 Å². The Hall–Kier alpha value is -3.38. The van der Waals surface area contributed by atoms with Crippen molar-refractivity contribution in [3.8, 4) is 5.75 Å². The van der Waals surface area contributed by atoms with Crippen molar-refractivity contribution in [1.29, 1.82) is 0 Å². The highest BCUT2D eigenvalue weighted by molar-refractivity contribution is 6.31. The zero-order valence-electron chi connectivity index (χ0n) is 14.7. The fourth-order valence-electron chi connectivity index (χ4n) is 2.77. The van der Waals surface area contributed by atoms with E-state index in [0.717, 1.165) is 22.2 Å². The standard InChI is InChI=1S/C21H16ClFN4O/c22-19-10-16(6-4-13(19)11-28-17-3-1-2-14(23)8-17)27-21-18-9-15(24)5-7-20(18)25-12-26-21/h1-10,12H,11,24H2,(H,25,26,27). The molecule has 0 spiro atoms. The molecule has 5 nitrogen and oxygen atoms in total. The first-order chi connectivity index (χ1) is 13.6. The molecule has 1 heterocycles. The van der Waals surface area contributed by atoms with Gasteiger partial charge in [0.15, 0.2) is 0 Å². The Morgan fingerprint density at radius 2 is 1.93 bits per heavy atom. The number of ether oxygens (including phenoxy) is 1. The SMILES string of the molecule is Nc1ccc2ncnc(Nc3ccc(COc4cccc(F)c4)c(Cl)c3)c2c1. The van der Waals surface area contributed by atoms with Gasteiger partial charge >= 0.3 is 0 Å². The number of hydrogen-bond acceptors (Lipinski definition) is 5. The third-order valence-electron chi connectivity index (χ3n) is 4.17. The van der Waals surface area contributed by atoms with E-state index in [4.69, 9.17) is 22.1 Å². The number of anilines is 3. The van der Waals surface area contributed by atoms with Crippen LogP contribution >= 0.6 is 11.6 Å². The van der Waals surface area contributed by atoms with Crippen LogP contribution in [-0.4, -0.2) is 9.97 Å². The summed E-state index contributed by atoms with van der Waals surface area (Å²) >= 11 is 6.39. The van der Waals surface area contributed by atoms with Crippen LogP contribution in [0.5, 0.6) is 5.75 Å². The van der Waals surface area contributed by atoms with Gasteiger partial charge < -0.3 is 15.8 Å². The second-order valence-electron chi connectivity index (χ2n) is 6.18. The lowest BCUT2D eigenvalue weighted by molar-refractivity contribution is 0.304. The molecule has 140 valence electrons. The van der Waals surface area contributed by atoms with Crippen LogP contribution in [0.3, 0.4) is 0 Å². The van der Waals surface area contributed by atoms with Gasteiger partial charge in [0.1, 0.15) is 30.3 Å². The van der Waals surface area contributed by atoms with Crippen molar-refractivity contribution in [2.75, 3.05) is 11.1 Å². The summed E-state index contributed by atoms with van der Waals surface area (Å²) in [7, 11) is 0. The van der Waals surface area contributed by atoms with Crippen LogP contribution < -0.4 is 15.8 Å². The molecule has 4 aromatic rings. The minimum Gasteiger partial charge on any atom is -0.489 e. The molecule has 0 unspecified atom stereocenters. The van der Waals surface area contributed by atoms with Crippen LogP contribution in [0.4, 0.5) is 21.6 Å². The molecule has 3 N–H and O–H groups in total. The summed E-state index contributed by atoms with van der Waals surface area (Å²) in [5, 5.41) is 4.59. The maximum Gasteiger partial charge on any atom is 0.141 e. The molecule has 0 aliphatic heterocycles. The zero-order chi connectivity index (χ0) is 19.5. The Kier molecular flexibility index (Phi) is 4.95. The topological polar surface area (TPSA) is 73.1 Å². The summed E-state index contributed by atoms with van der Waals surface area (Å²) < 4.78 is 18.8. The molecule has 3 aromatic carbocycles. The van der Waals surface area contributed by atoms with Gasteiger partial charge in [-0.2, -0.15) is 0 Å². The average Bonchev–Trinajstić information content (AvgIpc) is 2.68. The monoisotopic (exact) mass is 394 g/mol. The number of nitrogens with zero attached hydrogens (tertiary/aromatic N) is 2. The number of nitrogen functional groups attached to an aromatic ring is 1. The molecule has 0 fully saturated rings. The number of rotatable bonds is 5. The molecular formula is C21H16ClFN4O. The predicted octanol–water partition coefficient (Wildman–Crippen LogP) is 5.33. The maximum absolute atomic E-state index is 13.2. The lowest BCUT2D eigenvalue weighted by Crippen LogP contribution is -1.99. The molecule has 0 bridgehead atoms. The molecule has 7 heteroatoms. The number of fused-ring (bicyclic) bond motifs is 1. The average molecular weight is 395 g/mol. The smallest absolute Gasteiger partial charge is 0.141 e. The fourth-order valence-corrected chi connectivity index (χ4v) is 3.01. The number of nitrogens with two attached hydrogens (primary N) is 1. The summed E-state index contributed by atoms with van der Waals surface area (Å²) in [6.45, 7) is 0.232. The first-order valence-electron chi connectivity index (χ1n) is 8.52. The summed E-state index contributed by atoms with van der Waals surface area (Å²) in [6.07, 6.45) is 1.49. The van der Waals surface area contributed by atoms with Crippen LogP contribution in [0.2, 0.25) is 5.02 Å². The highest BCUT2D eigenvalue weighted by atomic mass is 35.5. The number of aromatic nitrogens is 2. The lowest BCUT2D eigenvalue weighted by Gasteiger charge is -2.12. The molecule has 1 aromatic heterocycles. The Labute approximate surface area is 166 Å². The second-order valence-corrected chi connectivity index (χ2v) is 6.58. The first kappa shape index (κ1) is 18.0. The van der Waals surface area contributed by atoms with Gasteiger partial charge in [-0.1, -0.05) is 23.7 Å². The van der Waals surface area contributed by atoms with E-state index in [2.05, 4.69) is 15.3 Å². The number of nitrogens with one attached hydrogen (secondary N) is 1. The summed E-state index contributed by atoms with van der Waals surface area (Å²) in [6, 6.07) is 16.9. The normalized spacial score (nSPS) is 10.8. The molecule has 0 amide bonds. The quantitative estimate of drug-likeness (QED) is 0.448. The number of hydrogen-bond donors (Lipinski definition) is 2. The van der Waals surface area contributed by atoms with Crippen molar-refractivity contribution in [2.45, 2.75) is 6.61 Å². The second kappa shape index (κ2) is 7.70. The third-order valence-corrected chi connectivity index (χ3v) is 4.52. The maximum atomic E-state index is 13.2. The van der Waals surface area contributed by atoms with Gasteiger partial charge in [-0.15, -0.1) is 0 Å². The highest BCUT2D eigenvalue weighted by Gasteiger charge is 2.08. The van der Waals surface area contributed by atoms with Gasteiger partial charge in [-0.05, 0) is 42.5 Å². The Balaban J connectivity index is 1.53. The minimum absolute atomic E-state index is 0.232. The largest absolute Gasteiger partial charge is 0.489 e. The minimum atomic E-state index is -0.346. The van der Waals surface area contributed by atoms with E-state index in [1.54, 1.807) is 24.3 Å². The summed E-state index contributed by atoms with van der Waals surface area (Å²) in [4.78, 5) is 8.54. The van der Waals surface area contributed by atoms with E-state index in [0.29, 0.717) is 22.3 Å². The van der Waals surface area contributed by atoms with Crippen LogP contribution in [-0.2, 0) is 6.61 Å². The summed E-state index contributed by atoms with van der Waals surface area (Å²) in [5.74, 6) is 0.737. The molecule has 0 aliphatic carbocycles. The fraction of sp³-hybridized carbons (Fsp3) is 0.0476. The zero-order valence-corrected chi connectivity index (χ0v) is 15.4. The van der Waals surface area contributed by atoms with Crippen molar-refractivity contribution < 1.29 is 9.13 Å². The van der Waals surface area contributed by atoms with Crippen LogP contribution in [0.25, 0.3) is 10.9 Å². The Morgan fingerprint density at radius 3 is 2.75 bits per heavy atom. The van der Waals surface area contributed by atoms with Crippen molar-refractivity contribution in [1.82, 2.24) is 9.97 Å². The Morgan fingerprint density at radius 1 is 1.04 bits per heavy atom. The number of benzene rings is 3. The van der Waals surface area contributed by atoms with Crippen molar-refractivity contribution >= 4 is 39.7 Å². The molecule has 28 heavy (non-hydrogen) atoms. The third kappa shape index (κ3) is 3.97. The predicted molar refractivity (Wildman–Crippen MR) is 109 cm³/mol. The van der Waals surface area contributed by atoms with E-state index < -0.39 is 0 Å². The first-order valence-corrected chi connectivity index (χ1v) is 8.90. The lowest BCUT2D eigenvalue weighted by atomic mass is 10.2. The van der Waals surface area contributed by atoms with Crippen LogP contribution in [0.1, 0.15) is 5.56 Å². The summed E-state index contributed by atoms with van der Waals surface area (Å²) in [5.41, 5.74) is 8.85.